The number of carboxylic acid groups (broad SMARTS) is 1. The van der Waals surface area contributed by atoms with Crippen molar-refractivity contribution in [3.05, 3.63) is 76.6 Å². The van der Waals surface area contributed by atoms with Crippen molar-refractivity contribution in [2.24, 2.45) is 11.8 Å². The molecule has 1 fully saturated rings. The number of fused-ring (bicyclic) bond motifs is 1. The van der Waals surface area contributed by atoms with E-state index in [1.807, 2.05) is 0 Å². The normalized spacial score (nSPS) is 18.2. The fourth-order valence-electron chi connectivity index (χ4n) is 4.88. The van der Waals surface area contributed by atoms with Crippen LogP contribution in [-0.4, -0.2) is 43.6 Å². The van der Waals surface area contributed by atoms with Gasteiger partial charge in [0, 0.05) is 47.4 Å². The fourth-order valence-corrected chi connectivity index (χ4v) is 5.01. The Kier molecular flexibility index (Phi) is 8.09. The number of hydrogen-bond donors (Lipinski definition) is 2. The molecular formula is C29H25ClF4N2O6. The summed E-state index contributed by atoms with van der Waals surface area (Å²) in [6.07, 6.45) is -4.36. The summed E-state index contributed by atoms with van der Waals surface area (Å²) in [5.41, 5.74) is 1.39. The Hall–Kier alpha value is -4.19. The predicted octanol–water partition coefficient (Wildman–Crippen LogP) is 6.23. The average Bonchev–Trinajstić information content (AvgIpc) is 3.62. The van der Waals surface area contributed by atoms with E-state index in [2.05, 4.69) is 10.1 Å². The van der Waals surface area contributed by atoms with E-state index in [0.717, 1.165) is 12.1 Å². The lowest BCUT2D eigenvalue weighted by molar-refractivity contribution is -0.275. The van der Waals surface area contributed by atoms with Crippen molar-refractivity contribution in [3.63, 3.8) is 0 Å². The molecular weight excluding hydrogens is 584 g/mol. The molecule has 1 heterocycles. The summed E-state index contributed by atoms with van der Waals surface area (Å²) in [6, 6.07) is 12.1. The average molecular weight is 609 g/mol. The lowest BCUT2D eigenvalue weighted by Gasteiger charge is -2.27. The smallest absolute Gasteiger partial charge is 0.497 e. The van der Waals surface area contributed by atoms with Gasteiger partial charge in [-0.25, -0.2) is 4.39 Å². The number of methoxy groups -OCH3 is 1. The van der Waals surface area contributed by atoms with Gasteiger partial charge >= 0.3 is 12.3 Å². The van der Waals surface area contributed by atoms with Crippen molar-refractivity contribution < 1.29 is 46.5 Å². The maximum atomic E-state index is 14.3. The highest BCUT2D eigenvalue weighted by Crippen LogP contribution is 2.40. The molecule has 2 aliphatic rings. The molecule has 0 spiro atoms. The number of benzene rings is 3. The summed E-state index contributed by atoms with van der Waals surface area (Å²) in [4.78, 5) is 26.4. The second-order valence-corrected chi connectivity index (χ2v) is 10.4. The number of halogens is 5. The molecule has 0 bridgehead atoms. The molecule has 1 aliphatic carbocycles. The topological polar surface area (TPSA) is 97.3 Å². The highest BCUT2D eigenvalue weighted by molar-refractivity contribution is 6.30. The van der Waals surface area contributed by atoms with E-state index < -0.39 is 41.8 Å². The van der Waals surface area contributed by atoms with Crippen LogP contribution in [-0.2, 0) is 16.0 Å². The predicted molar refractivity (Wildman–Crippen MR) is 145 cm³/mol. The van der Waals surface area contributed by atoms with Gasteiger partial charge in [0.15, 0.2) is 11.6 Å². The first-order valence-electron chi connectivity index (χ1n) is 12.9. The zero-order valence-corrected chi connectivity index (χ0v) is 22.8. The Labute approximate surface area is 242 Å². The maximum Gasteiger partial charge on any atom is 0.573 e. The van der Waals surface area contributed by atoms with E-state index in [1.165, 1.54) is 12.0 Å². The van der Waals surface area contributed by atoms with Crippen LogP contribution < -0.4 is 24.4 Å². The molecule has 0 radical (unpaired) electrons. The van der Waals surface area contributed by atoms with Crippen molar-refractivity contribution in [2.45, 2.75) is 25.2 Å². The number of alkyl halides is 3. The molecule has 42 heavy (non-hydrogen) atoms. The van der Waals surface area contributed by atoms with E-state index in [9.17, 15) is 27.2 Å². The van der Waals surface area contributed by atoms with E-state index in [-0.39, 0.29) is 31.2 Å². The minimum absolute atomic E-state index is 0.105. The third kappa shape index (κ3) is 6.64. The SMILES string of the molecule is COc1cc(NC(C(=O)N2CCc3cc(F)c(OC(F)(F)F)cc32)c2ccc(Cl)cc2)cc(OCC2CC2C(=O)O)c1. The number of nitrogens with zero attached hydrogens (tertiary/aromatic N) is 1. The molecule has 3 atom stereocenters. The third-order valence-corrected chi connectivity index (χ3v) is 7.35. The van der Waals surface area contributed by atoms with Crippen LogP contribution in [0.5, 0.6) is 17.2 Å². The Morgan fingerprint density at radius 3 is 2.48 bits per heavy atom. The second-order valence-electron chi connectivity index (χ2n) is 9.98. The van der Waals surface area contributed by atoms with Gasteiger partial charge in [-0.2, -0.15) is 0 Å². The summed E-state index contributed by atoms with van der Waals surface area (Å²) in [5.74, 6) is -3.38. The number of nitrogens with one attached hydrogen (secondary N) is 1. The molecule has 3 unspecified atom stereocenters. The molecule has 1 amide bonds. The maximum absolute atomic E-state index is 14.3. The summed E-state index contributed by atoms with van der Waals surface area (Å²) in [5, 5.41) is 12.7. The number of aliphatic carboxylic acids is 1. The highest BCUT2D eigenvalue weighted by Gasteiger charge is 2.43. The molecule has 13 heteroatoms. The summed E-state index contributed by atoms with van der Waals surface area (Å²) < 4.78 is 68.0. The molecule has 8 nitrogen and oxygen atoms in total. The number of carboxylic acids is 1. The second kappa shape index (κ2) is 11.6. The van der Waals surface area contributed by atoms with Crippen molar-refractivity contribution >= 4 is 34.9 Å². The molecule has 0 saturated heterocycles. The molecule has 222 valence electrons. The first-order valence-corrected chi connectivity index (χ1v) is 13.3. The van der Waals surface area contributed by atoms with Gasteiger partial charge in [-0.15, -0.1) is 13.2 Å². The van der Waals surface area contributed by atoms with Crippen LogP contribution in [0.4, 0.5) is 28.9 Å². The Morgan fingerprint density at radius 1 is 1.12 bits per heavy atom. The van der Waals surface area contributed by atoms with Crippen molar-refractivity contribution in [1.82, 2.24) is 0 Å². The minimum Gasteiger partial charge on any atom is -0.497 e. The molecule has 3 aromatic rings. The first-order chi connectivity index (χ1) is 19.9. The van der Waals surface area contributed by atoms with Gasteiger partial charge in [0.05, 0.1) is 25.3 Å². The van der Waals surface area contributed by atoms with E-state index in [0.29, 0.717) is 39.8 Å². The molecule has 0 aromatic heterocycles. The molecule has 1 aliphatic heterocycles. The Bertz CT molecular complexity index is 1500. The van der Waals surface area contributed by atoms with Gasteiger partial charge in [0.25, 0.3) is 5.91 Å². The van der Waals surface area contributed by atoms with Crippen molar-refractivity contribution in [1.29, 1.82) is 0 Å². The summed E-state index contributed by atoms with van der Waals surface area (Å²) in [7, 11) is 1.45. The van der Waals surface area contributed by atoms with Crippen LogP contribution in [0.2, 0.25) is 5.02 Å². The van der Waals surface area contributed by atoms with E-state index in [1.54, 1.807) is 42.5 Å². The standard InChI is InChI=1S/C29H25ClF4N2O6/c1-40-20-10-19(11-21(12-20)41-14-17-8-22(17)28(38)39)35-26(15-2-4-18(30)5-3-15)27(37)36-7-6-16-9-23(31)25(13-24(16)36)42-29(32,33)34/h2-5,9-13,17,22,26,35H,6-8,14H2,1H3,(H,38,39). The molecule has 1 saturated carbocycles. The number of carbonyl (C=O) groups is 2. The van der Waals surface area contributed by atoms with Crippen LogP contribution in [0.1, 0.15) is 23.6 Å². The number of ether oxygens (including phenoxy) is 3. The van der Waals surface area contributed by atoms with Gasteiger partial charge < -0.3 is 29.5 Å². The van der Waals surface area contributed by atoms with E-state index in [4.69, 9.17) is 26.2 Å². The molecule has 5 rings (SSSR count). The Morgan fingerprint density at radius 2 is 1.83 bits per heavy atom. The van der Waals surface area contributed by atoms with Gasteiger partial charge in [-0.1, -0.05) is 23.7 Å². The first kappa shape index (κ1) is 29.3. The fraction of sp³-hybridized carbons (Fsp3) is 0.310. The van der Waals surface area contributed by atoms with Crippen LogP contribution in [0, 0.1) is 17.7 Å². The number of anilines is 2. The highest BCUT2D eigenvalue weighted by atomic mass is 35.5. The van der Waals surface area contributed by atoms with Crippen molar-refractivity contribution in [3.8, 4) is 17.2 Å². The summed E-state index contributed by atoms with van der Waals surface area (Å²) in [6.45, 7) is 0.292. The number of carbonyl (C=O) groups excluding carboxylic acids is 1. The Balaban J connectivity index is 1.44. The van der Waals surface area contributed by atoms with Crippen LogP contribution in [0.15, 0.2) is 54.6 Å². The lowest BCUT2D eigenvalue weighted by atomic mass is 10.0. The van der Waals surface area contributed by atoms with Gasteiger partial charge in [0.2, 0.25) is 0 Å². The number of rotatable bonds is 10. The largest absolute Gasteiger partial charge is 0.573 e. The molecule has 2 N–H and O–H groups in total. The van der Waals surface area contributed by atoms with Gasteiger partial charge in [0.1, 0.15) is 17.5 Å². The summed E-state index contributed by atoms with van der Waals surface area (Å²) >= 11 is 6.06. The van der Waals surface area contributed by atoms with Crippen LogP contribution in [0.3, 0.4) is 0 Å². The monoisotopic (exact) mass is 608 g/mol. The quantitative estimate of drug-likeness (QED) is 0.264. The van der Waals surface area contributed by atoms with Crippen LogP contribution in [0.25, 0.3) is 0 Å². The zero-order chi connectivity index (χ0) is 30.2. The van der Waals surface area contributed by atoms with Crippen LogP contribution >= 0.6 is 11.6 Å². The number of hydrogen-bond acceptors (Lipinski definition) is 6. The van der Waals surface area contributed by atoms with Gasteiger partial charge in [-0.05, 0) is 42.2 Å². The minimum atomic E-state index is -5.11. The van der Waals surface area contributed by atoms with E-state index >= 15 is 0 Å². The van der Waals surface area contributed by atoms with Crippen molar-refractivity contribution in [2.75, 3.05) is 30.5 Å². The number of amides is 1. The van der Waals surface area contributed by atoms with Gasteiger partial charge in [-0.3, -0.25) is 9.59 Å². The lowest BCUT2D eigenvalue weighted by Crippen LogP contribution is -2.37. The third-order valence-electron chi connectivity index (χ3n) is 7.10. The zero-order valence-electron chi connectivity index (χ0n) is 22.1. The molecule has 3 aromatic carbocycles.